The van der Waals surface area contributed by atoms with E-state index in [0.717, 1.165) is 19.5 Å². The third-order valence-electron chi connectivity index (χ3n) is 3.87. The fourth-order valence-electron chi connectivity index (χ4n) is 2.57. The quantitative estimate of drug-likeness (QED) is 0.848. The Hall–Kier alpha value is -1.88. The van der Waals surface area contributed by atoms with E-state index in [0.29, 0.717) is 18.7 Å². The second-order valence-corrected chi connectivity index (χ2v) is 5.16. The highest BCUT2D eigenvalue weighted by atomic mass is 16.2. The largest absolute Gasteiger partial charge is 0.343 e. The molecule has 2 rings (SSSR count). The molecule has 1 aliphatic heterocycles. The Morgan fingerprint density at radius 3 is 2.71 bits per heavy atom. The van der Waals surface area contributed by atoms with Gasteiger partial charge in [-0.3, -0.25) is 9.59 Å². The minimum absolute atomic E-state index is 0.0482. The van der Waals surface area contributed by atoms with Gasteiger partial charge in [-0.25, -0.2) is 0 Å². The smallest absolute Gasteiger partial charge is 0.251 e. The summed E-state index contributed by atoms with van der Waals surface area (Å²) in [6.45, 7) is 7.02. The van der Waals surface area contributed by atoms with Crippen molar-refractivity contribution in [1.29, 1.82) is 0 Å². The van der Waals surface area contributed by atoms with Gasteiger partial charge in [0, 0.05) is 25.2 Å². The number of rotatable bonds is 5. The van der Waals surface area contributed by atoms with Crippen molar-refractivity contribution >= 4 is 11.8 Å². The molecule has 0 radical (unpaired) electrons. The highest BCUT2D eigenvalue weighted by Crippen LogP contribution is 2.15. The summed E-state index contributed by atoms with van der Waals surface area (Å²) in [5.74, 6) is -0.239. The van der Waals surface area contributed by atoms with Crippen LogP contribution in [0.2, 0.25) is 0 Å². The summed E-state index contributed by atoms with van der Waals surface area (Å²) in [5, 5.41) is 6.00. The molecule has 1 aromatic rings. The summed E-state index contributed by atoms with van der Waals surface area (Å²) in [6, 6.07) is 5.76. The molecule has 0 aliphatic carbocycles. The maximum atomic E-state index is 12.1. The Morgan fingerprint density at radius 2 is 2.00 bits per heavy atom. The topological polar surface area (TPSA) is 61.4 Å². The van der Waals surface area contributed by atoms with Crippen LogP contribution in [-0.2, 0) is 17.8 Å². The van der Waals surface area contributed by atoms with Crippen molar-refractivity contribution in [3.8, 4) is 0 Å². The number of nitrogens with one attached hydrogen (secondary N) is 2. The first-order chi connectivity index (χ1) is 10.2. The maximum absolute atomic E-state index is 12.1. The molecular weight excluding hydrogens is 266 g/mol. The summed E-state index contributed by atoms with van der Waals surface area (Å²) in [6.07, 6.45) is 0.998. The fourth-order valence-corrected chi connectivity index (χ4v) is 2.57. The molecule has 0 fully saturated rings. The van der Waals surface area contributed by atoms with Gasteiger partial charge < -0.3 is 15.5 Å². The number of amides is 2. The number of carbonyl (C=O) groups excluding carboxylic acids is 2. The monoisotopic (exact) mass is 289 g/mol. The van der Waals surface area contributed by atoms with Gasteiger partial charge >= 0.3 is 0 Å². The molecule has 21 heavy (non-hydrogen) atoms. The van der Waals surface area contributed by atoms with E-state index in [1.54, 1.807) is 4.90 Å². The van der Waals surface area contributed by atoms with Gasteiger partial charge in [0.2, 0.25) is 5.91 Å². The van der Waals surface area contributed by atoms with Crippen LogP contribution in [0.5, 0.6) is 0 Å². The van der Waals surface area contributed by atoms with Crippen molar-refractivity contribution in [3.05, 3.63) is 34.9 Å². The first-order valence-corrected chi connectivity index (χ1v) is 7.54. The average Bonchev–Trinajstić information content (AvgIpc) is 2.53. The average molecular weight is 289 g/mol. The number of carbonyl (C=O) groups is 2. The highest BCUT2D eigenvalue weighted by molar-refractivity contribution is 5.96. The van der Waals surface area contributed by atoms with Gasteiger partial charge in [0.05, 0.1) is 6.54 Å². The second kappa shape index (κ2) is 7.22. The Kier molecular flexibility index (Phi) is 5.33. The number of hydrogen-bond donors (Lipinski definition) is 2. The molecule has 0 aromatic heterocycles. The zero-order valence-electron chi connectivity index (χ0n) is 12.7. The number of likely N-dealkylation sites (N-methyl/N-ethyl adjacent to an activating group) is 1. The van der Waals surface area contributed by atoms with E-state index in [1.807, 2.05) is 32.0 Å². The Bertz CT molecular complexity index is 524. The summed E-state index contributed by atoms with van der Waals surface area (Å²) >= 11 is 0. The van der Waals surface area contributed by atoms with Crippen molar-refractivity contribution in [2.75, 3.05) is 26.2 Å². The van der Waals surface area contributed by atoms with Crippen LogP contribution < -0.4 is 10.6 Å². The van der Waals surface area contributed by atoms with Crippen LogP contribution in [0.4, 0.5) is 0 Å². The van der Waals surface area contributed by atoms with Crippen LogP contribution >= 0.6 is 0 Å². The molecule has 0 bridgehead atoms. The van der Waals surface area contributed by atoms with Crippen molar-refractivity contribution in [1.82, 2.24) is 15.5 Å². The third kappa shape index (κ3) is 3.82. The first kappa shape index (κ1) is 15.5. The van der Waals surface area contributed by atoms with Crippen LogP contribution in [0.1, 0.15) is 35.3 Å². The molecule has 0 spiro atoms. The van der Waals surface area contributed by atoms with E-state index < -0.39 is 0 Å². The normalized spacial score (nSPS) is 13.4. The van der Waals surface area contributed by atoms with E-state index in [-0.39, 0.29) is 18.4 Å². The van der Waals surface area contributed by atoms with Gasteiger partial charge in [-0.05, 0) is 50.1 Å². The molecule has 0 saturated heterocycles. The number of hydrogen-bond acceptors (Lipinski definition) is 3. The molecule has 0 atom stereocenters. The molecule has 5 heteroatoms. The van der Waals surface area contributed by atoms with Gasteiger partial charge in [-0.1, -0.05) is 6.07 Å². The Morgan fingerprint density at radius 1 is 1.24 bits per heavy atom. The summed E-state index contributed by atoms with van der Waals surface area (Å²) < 4.78 is 0. The second-order valence-electron chi connectivity index (χ2n) is 5.16. The zero-order chi connectivity index (χ0) is 15.2. The van der Waals surface area contributed by atoms with Crippen molar-refractivity contribution in [2.45, 2.75) is 26.8 Å². The predicted molar refractivity (Wildman–Crippen MR) is 82.1 cm³/mol. The first-order valence-electron chi connectivity index (χ1n) is 7.54. The fraction of sp³-hybridized carbons (Fsp3) is 0.500. The number of nitrogens with zero attached hydrogens (tertiary/aromatic N) is 1. The van der Waals surface area contributed by atoms with E-state index in [4.69, 9.17) is 0 Å². The van der Waals surface area contributed by atoms with Crippen molar-refractivity contribution < 1.29 is 9.59 Å². The molecule has 5 nitrogen and oxygen atoms in total. The van der Waals surface area contributed by atoms with Gasteiger partial charge in [0.1, 0.15) is 0 Å². The Labute approximate surface area is 125 Å². The van der Waals surface area contributed by atoms with Crippen molar-refractivity contribution in [3.63, 3.8) is 0 Å². The van der Waals surface area contributed by atoms with E-state index in [1.165, 1.54) is 11.1 Å². The maximum Gasteiger partial charge on any atom is 0.251 e. The van der Waals surface area contributed by atoms with Crippen LogP contribution in [0.25, 0.3) is 0 Å². The standard InChI is InChI=1S/C16H23N3O2/c1-3-19(4-2)15(20)11-18-16(21)13-6-5-12-7-8-17-10-14(12)9-13/h5-6,9,17H,3-4,7-8,10-11H2,1-2H3,(H,18,21). The SMILES string of the molecule is CCN(CC)C(=O)CNC(=O)c1ccc2c(c1)CNCC2. The van der Waals surface area contributed by atoms with E-state index in [2.05, 4.69) is 10.6 Å². The lowest BCUT2D eigenvalue weighted by Gasteiger charge is -2.19. The van der Waals surface area contributed by atoms with Crippen LogP contribution in [0, 0.1) is 0 Å². The molecule has 1 aliphatic rings. The lowest BCUT2D eigenvalue weighted by molar-refractivity contribution is -0.129. The lowest BCUT2D eigenvalue weighted by atomic mass is 9.98. The summed E-state index contributed by atoms with van der Waals surface area (Å²) in [7, 11) is 0. The lowest BCUT2D eigenvalue weighted by Crippen LogP contribution is -2.40. The molecule has 0 saturated carbocycles. The van der Waals surface area contributed by atoms with Crippen LogP contribution in [0.3, 0.4) is 0 Å². The number of fused-ring (bicyclic) bond motifs is 1. The summed E-state index contributed by atoms with van der Waals surface area (Å²) in [4.78, 5) is 25.7. The predicted octanol–water partition coefficient (Wildman–Crippen LogP) is 0.930. The summed E-state index contributed by atoms with van der Waals surface area (Å²) in [5.41, 5.74) is 3.08. The minimum Gasteiger partial charge on any atom is -0.343 e. The van der Waals surface area contributed by atoms with E-state index in [9.17, 15) is 9.59 Å². The van der Waals surface area contributed by atoms with Gasteiger partial charge in [-0.15, -0.1) is 0 Å². The minimum atomic E-state index is -0.191. The Balaban J connectivity index is 1.96. The zero-order valence-corrected chi connectivity index (χ0v) is 12.7. The molecule has 1 heterocycles. The van der Waals surface area contributed by atoms with Crippen molar-refractivity contribution in [2.24, 2.45) is 0 Å². The van der Waals surface area contributed by atoms with Crippen LogP contribution in [-0.4, -0.2) is 42.9 Å². The van der Waals surface area contributed by atoms with Crippen LogP contribution in [0.15, 0.2) is 18.2 Å². The third-order valence-corrected chi connectivity index (χ3v) is 3.87. The van der Waals surface area contributed by atoms with Gasteiger partial charge in [0.15, 0.2) is 0 Å². The molecule has 2 amide bonds. The molecule has 1 aromatic carbocycles. The van der Waals surface area contributed by atoms with Gasteiger partial charge in [-0.2, -0.15) is 0 Å². The number of benzene rings is 1. The van der Waals surface area contributed by atoms with Gasteiger partial charge in [0.25, 0.3) is 5.91 Å². The van der Waals surface area contributed by atoms with E-state index >= 15 is 0 Å². The highest BCUT2D eigenvalue weighted by Gasteiger charge is 2.14. The molecule has 2 N–H and O–H groups in total. The molecule has 0 unspecified atom stereocenters. The molecular formula is C16H23N3O2. The molecule has 114 valence electrons.